The molecule has 1 amide bonds. The summed E-state index contributed by atoms with van der Waals surface area (Å²) in [5.41, 5.74) is 0. The van der Waals surface area contributed by atoms with Gasteiger partial charge in [0, 0.05) is 26.2 Å². The average Bonchev–Trinajstić information content (AvgIpc) is 2.30. The molecule has 1 aliphatic rings. The van der Waals surface area contributed by atoms with Crippen molar-refractivity contribution in [3.05, 3.63) is 0 Å². The van der Waals surface area contributed by atoms with Crippen LogP contribution in [0.1, 0.15) is 6.42 Å². The van der Waals surface area contributed by atoms with Crippen LogP contribution >= 0.6 is 0 Å². The summed E-state index contributed by atoms with van der Waals surface area (Å²) in [6, 6.07) is 0. The molecule has 5 heteroatoms. The van der Waals surface area contributed by atoms with E-state index in [0.717, 1.165) is 19.5 Å². The van der Waals surface area contributed by atoms with Crippen molar-refractivity contribution < 1.29 is 15.0 Å². The first kappa shape index (κ1) is 10.3. The molecule has 1 fully saturated rings. The van der Waals surface area contributed by atoms with E-state index in [4.69, 9.17) is 10.2 Å². The number of aliphatic hydroxyl groups excluding tert-OH is 1. The lowest BCUT2D eigenvalue weighted by Gasteiger charge is -2.18. The topological polar surface area (TPSA) is 64.0 Å². The molecule has 1 rings (SSSR count). The maximum atomic E-state index is 10.6. The lowest BCUT2D eigenvalue weighted by Crippen LogP contribution is -2.34. The molecule has 0 bridgehead atoms. The molecule has 0 spiro atoms. The van der Waals surface area contributed by atoms with Gasteiger partial charge in [0.15, 0.2) is 0 Å². The van der Waals surface area contributed by atoms with Crippen molar-refractivity contribution >= 4 is 6.09 Å². The molecule has 0 unspecified atom stereocenters. The minimum Gasteiger partial charge on any atom is -0.465 e. The van der Waals surface area contributed by atoms with Gasteiger partial charge in [0.1, 0.15) is 0 Å². The Morgan fingerprint density at radius 1 is 1.23 bits per heavy atom. The minimum absolute atomic E-state index is 0.146. The standard InChI is InChI=1S/C8H16N2O3/c11-7-6-9-2-1-3-10(5-4-9)8(12)13/h11H,1-7H2,(H,12,13). The monoisotopic (exact) mass is 188 g/mol. The molecule has 0 aromatic carbocycles. The third kappa shape index (κ3) is 3.20. The molecule has 0 atom stereocenters. The van der Waals surface area contributed by atoms with Gasteiger partial charge in [0.25, 0.3) is 0 Å². The van der Waals surface area contributed by atoms with Gasteiger partial charge in [0.2, 0.25) is 0 Å². The summed E-state index contributed by atoms with van der Waals surface area (Å²) in [6.07, 6.45) is 0.0117. The van der Waals surface area contributed by atoms with Crippen LogP contribution in [0.15, 0.2) is 0 Å². The zero-order valence-electron chi connectivity index (χ0n) is 7.65. The molecule has 1 aliphatic heterocycles. The zero-order valence-corrected chi connectivity index (χ0v) is 7.65. The van der Waals surface area contributed by atoms with Crippen molar-refractivity contribution in [3.63, 3.8) is 0 Å². The maximum Gasteiger partial charge on any atom is 0.407 e. The van der Waals surface area contributed by atoms with Crippen molar-refractivity contribution in [2.45, 2.75) is 6.42 Å². The Labute approximate surface area is 77.6 Å². The second kappa shape index (κ2) is 5.04. The van der Waals surface area contributed by atoms with Gasteiger partial charge in [-0.15, -0.1) is 0 Å². The van der Waals surface area contributed by atoms with Crippen LogP contribution in [-0.4, -0.2) is 65.4 Å². The summed E-state index contributed by atoms with van der Waals surface area (Å²) >= 11 is 0. The van der Waals surface area contributed by atoms with Gasteiger partial charge >= 0.3 is 6.09 Å². The van der Waals surface area contributed by atoms with Crippen LogP contribution < -0.4 is 0 Å². The number of β-amino-alcohol motifs (C(OH)–C–C–N with tert-alkyl or cyclic N) is 1. The molecule has 0 aliphatic carbocycles. The number of rotatable bonds is 2. The van der Waals surface area contributed by atoms with E-state index < -0.39 is 6.09 Å². The van der Waals surface area contributed by atoms with E-state index in [9.17, 15) is 4.79 Å². The number of aliphatic hydroxyl groups is 1. The zero-order chi connectivity index (χ0) is 9.68. The van der Waals surface area contributed by atoms with Crippen LogP contribution in [0.4, 0.5) is 4.79 Å². The van der Waals surface area contributed by atoms with Gasteiger partial charge in [-0.2, -0.15) is 0 Å². The van der Waals surface area contributed by atoms with E-state index in [0.29, 0.717) is 19.6 Å². The number of hydrogen-bond donors (Lipinski definition) is 2. The van der Waals surface area contributed by atoms with E-state index in [2.05, 4.69) is 4.90 Å². The van der Waals surface area contributed by atoms with Crippen LogP contribution in [0.5, 0.6) is 0 Å². The highest BCUT2D eigenvalue weighted by Gasteiger charge is 2.17. The minimum atomic E-state index is -0.842. The maximum absolute atomic E-state index is 10.6. The van der Waals surface area contributed by atoms with Crippen molar-refractivity contribution in [2.24, 2.45) is 0 Å². The van der Waals surface area contributed by atoms with E-state index >= 15 is 0 Å². The molecule has 13 heavy (non-hydrogen) atoms. The first-order chi connectivity index (χ1) is 6.24. The highest BCUT2D eigenvalue weighted by molar-refractivity contribution is 5.64. The molecule has 2 N–H and O–H groups in total. The van der Waals surface area contributed by atoms with Crippen molar-refractivity contribution in [3.8, 4) is 0 Å². The van der Waals surface area contributed by atoms with Gasteiger partial charge in [0.05, 0.1) is 6.61 Å². The van der Waals surface area contributed by atoms with Crippen LogP contribution in [-0.2, 0) is 0 Å². The van der Waals surface area contributed by atoms with Crippen molar-refractivity contribution in [1.29, 1.82) is 0 Å². The highest BCUT2D eigenvalue weighted by Crippen LogP contribution is 2.02. The van der Waals surface area contributed by atoms with Crippen LogP contribution in [0.3, 0.4) is 0 Å². The predicted octanol–water partition coefficient (Wildman–Crippen LogP) is -0.336. The molecule has 0 saturated carbocycles. The lowest BCUT2D eigenvalue weighted by molar-refractivity contribution is 0.145. The summed E-state index contributed by atoms with van der Waals surface area (Å²) in [5.74, 6) is 0. The van der Waals surface area contributed by atoms with Crippen LogP contribution in [0, 0.1) is 0 Å². The first-order valence-corrected chi connectivity index (χ1v) is 4.55. The largest absolute Gasteiger partial charge is 0.465 e. The summed E-state index contributed by atoms with van der Waals surface area (Å²) in [4.78, 5) is 14.1. The van der Waals surface area contributed by atoms with Crippen LogP contribution in [0.25, 0.3) is 0 Å². The normalized spacial score (nSPS) is 19.9. The Bertz CT molecular complexity index is 175. The SMILES string of the molecule is O=C(O)N1CCCN(CCO)CC1. The molecule has 0 aromatic heterocycles. The summed E-state index contributed by atoms with van der Waals surface area (Å²) in [7, 11) is 0. The first-order valence-electron chi connectivity index (χ1n) is 4.55. The van der Waals surface area contributed by atoms with Gasteiger partial charge in [-0.25, -0.2) is 4.79 Å². The molecule has 0 radical (unpaired) electrons. The van der Waals surface area contributed by atoms with E-state index in [1.54, 1.807) is 0 Å². The number of nitrogens with zero attached hydrogens (tertiary/aromatic N) is 2. The van der Waals surface area contributed by atoms with Crippen LogP contribution in [0.2, 0.25) is 0 Å². The predicted molar refractivity (Wildman–Crippen MR) is 47.7 cm³/mol. The molecular formula is C8H16N2O3. The molecule has 1 saturated heterocycles. The Kier molecular flexibility index (Phi) is 3.98. The van der Waals surface area contributed by atoms with E-state index in [1.165, 1.54) is 4.90 Å². The summed E-state index contributed by atoms with van der Waals surface area (Å²) in [6.45, 7) is 3.56. The smallest absolute Gasteiger partial charge is 0.407 e. The Morgan fingerprint density at radius 2 is 2.00 bits per heavy atom. The van der Waals surface area contributed by atoms with Gasteiger partial charge < -0.3 is 15.1 Å². The quantitative estimate of drug-likeness (QED) is 0.622. The molecular weight excluding hydrogens is 172 g/mol. The second-order valence-corrected chi connectivity index (χ2v) is 3.19. The highest BCUT2D eigenvalue weighted by atomic mass is 16.4. The van der Waals surface area contributed by atoms with E-state index in [-0.39, 0.29) is 6.61 Å². The van der Waals surface area contributed by atoms with Gasteiger partial charge in [-0.3, -0.25) is 4.90 Å². The summed E-state index contributed by atoms with van der Waals surface area (Å²) < 4.78 is 0. The Hall–Kier alpha value is -0.810. The van der Waals surface area contributed by atoms with E-state index in [1.807, 2.05) is 0 Å². The fourth-order valence-corrected chi connectivity index (χ4v) is 1.53. The Balaban J connectivity index is 2.35. The van der Waals surface area contributed by atoms with Crippen molar-refractivity contribution in [2.75, 3.05) is 39.3 Å². The Morgan fingerprint density at radius 3 is 2.62 bits per heavy atom. The third-order valence-corrected chi connectivity index (χ3v) is 2.28. The lowest BCUT2D eigenvalue weighted by atomic mass is 10.4. The van der Waals surface area contributed by atoms with Crippen molar-refractivity contribution in [1.82, 2.24) is 9.80 Å². The average molecular weight is 188 g/mol. The molecule has 1 heterocycles. The number of amides is 1. The number of carboxylic acid groups (broad SMARTS) is 1. The van der Waals surface area contributed by atoms with Gasteiger partial charge in [-0.1, -0.05) is 0 Å². The molecule has 5 nitrogen and oxygen atoms in total. The summed E-state index contributed by atoms with van der Waals surface area (Å²) in [5, 5.41) is 17.5. The second-order valence-electron chi connectivity index (χ2n) is 3.19. The van der Waals surface area contributed by atoms with Gasteiger partial charge in [-0.05, 0) is 13.0 Å². The molecule has 76 valence electrons. The fourth-order valence-electron chi connectivity index (χ4n) is 1.53. The number of carbonyl (C=O) groups is 1. The molecule has 0 aromatic rings. The fraction of sp³-hybridized carbons (Fsp3) is 0.875. The number of hydrogen-bond acceptors (Lipinski definition) is 3. The third-order valence-electron chi connectivity index (χ3n) is 2.28.